The summed E-state index contributed by atoms with van der Waals surface area (Å²) in [6, 6.07) is 9.63. The van der Waals surface area contributed by atoms with Crippen molar-refractivity contribution in [2.45, 2.75) is 26.8 Å². The number of rotatable bonds is 4. The van der Waals surface area contributed by atoms with E-state index in [2.05, 4.69) is 10.3 Å². The Morgan fingerprint density at radius 1 is 1.11 bits per heavy atom. The van der Waals surface area contributed by atoms with E-state index in [4.69, 9.17) is 0 Å². The van der Waals surface area contributed by atoms with Gasteiger partial charge in [-0.15, -0.1) is 5.10 Å². The first kappa shape index (κ1) is 18.1. The lowest BCUT2D eigenvalue weighted by Crippen LogP contribution is -2.04. The van der Waals surface area contributed by atoms with Gasteiger partial charge in [-0.1, -0.05) is 11.3 Å². The lowest BCUT2D eigenvalue weighted by Gasteiger charge is -2.07. The fourth-order valence-corrected chi connectivity index (χ4v) is 3.37. The first-order chi connectivity index (χ1) is 13.3. The molecule has 4 aromatic rings. The number of halogens is 3. The second kappa shape index (κ2) is 6.70. The van der Waals surface area contributed by atoms with Gasteiger partial charge >= 0.3 is 0 Å². The Labute approximate surface area is 158 Å². The van der Waals surface area contributed by atoms with E-state index in [9.17, 15) is 18.3 Å². The van der Waals surface area contributed by atoms with Gasteiger partial charge in [0.2, 0.25) is 0 Å². The standard InChI is InChI=1S/C20H17F3N4O/c1-11-7-15(21)4-6-17(11)27-12(2)19(24-25-27)13-3-5-16-14(8-13)9-26(20(16)28)10-18(22)23/h3-9,18,28H,10H2,1-2H3. The van der Waals surface area contributed by atoms with Gasteiger partial charge in [0.25, 0.3) is 6.43 Å². The predicted molar refractivity (Wildman–Crippen MR) is 99.4 cm³/mol. The van der Waals surface area contributed by atoms with Crippen molar-refractivity contribution >= 4 is 10.8 Å². The summed E-state index contributed by atoms with van der Waals surface area (Å²) in [4.78, 5) is 0. The van der Waals surface area contributed by atoms with Crippen LogP contribution in [-0.4, -0.2) is 31.1 Å². The molecule has 0 aliphatic rings. The summed E-state index contributed by atoms with van der Waals surface area (Å²) >= 11 is 0. The van der Waals surface area contributed by atoms with E-state index in [1.165, 1.54) is 18.3 Å². The Morgan fingerprint density at radius 3 is 2.61 bits per heavy atom. The van der Waals surface area contributed by atoms with Gasteiger partial charge in [-0.2, -0.15) is 0 Å². The van der Waals surface area contributed by atoms with Gasteiger partial charge in [0.1, 0.15) is 11.5 Å². The lowest BCUT2D eigenvalue weighted by molar-refractivity contribution is 0.123. The molecule has 0 radical (unpaired) electrons. The van der Waals surface area contributed by atoms with Crippen LogP contribution in [0.25, 0.3) is 27.7 Å². The summed E-state index contributed by atoms with van der Waals surface area (Å²) in [7, 11) is 0. The van der Waals surface area contributed by atoms with Crippen LogP contribution < -0.4 is 0 Å². The molecule has 2 heterocycles. The summed E-state index contributed by atoms with van der Waals surface area (Å²) in [6.45, 7) is 3.07. The van der Waals surface area contributed by atoms with E-state index in [0.29, 0.717) is 16.5 Å². The summed E-state index contributed by atoms with van der Waals surface area (Å²) in [6.07, 6.45) is -1.07. The number of alkyl halides is 2. The number of hydrogen-bond donors (Lipinski definition) is 1. The zero-order valence-corrected chi connectivity index (χ0v) is 15.2. The molecular formula is C20H17F3N4O. The molecule has 0 saturated heterocycles. The maximum absolute atomic E-state index is 13.4. The highest BCUT2D eigenvalue weighted by molar-refractivity contribution is 5.91. The lowest BCUT2D eigenvalue weighted by atomic mass is 10.1. The molecule has 144 valence electrons. The molecule has 0 amide bonds. The molecule has 8 heteroatoms. The van der Waals surface area contributed by atoms with Crippen molar-refractivity contribution < 1.29 is 18.3 Å². The van der Waals surface area contributed by atoms with E-state index >= 15 is 0 Å². The Kier molecular flexibility index (Phi) is 4.33. The monoisotopic (exact) mass is 386 g/mol. The zero-order chi connectivity index (χ0) is 20.0. The molecule has 0 spiro atoms. The fraction of sp³-hybridized carbons (Fsp3) is 0.200. The summed E-state index contributed by atoms with van der Waals surface area (Å²) in [5, 5.41) is 19.7. The molecule has 2 aromatic carbocycles. The highest BCUT2D eigenvalue weighted by atomic mass is 19.3. The van der Waals surface area contributed by atoms with Gasteiger partial charge in [0.15, 0.2) is 5.88 Å². The van der Waals surface area contributed by atoms with Crippen molar-refractivity contribution in [3.63, 3.8) is 0 Å². The number of nitrogens with zero attached hydrogens (tertiary/aromatic N) is 4. The molecule has 0 atom stereocenters. The maximum Gasteiger partial charge on any atom is 0.256 e. The van der Waals surface area contributed by atoms with E-state index in [-0.39, 0.29) is 11.7 Å². The van der Waals surface area contributed by atoms with Crippen molar-refractivity contribution in [1.82, 2.24) is 19.6 Å². The fourth-order valence-electron chi connectivity index (χ4n) is 3.37. The molecule has 0 bridgehead atoms. The molecule has 4 rings (SSSR count). The average molecular weight is 386 g/mol. The summed E-state index contributed by atoms with van der Waals surface area (Å²) in [5.74, 6) is -0.512. The molecule has 0 aliphatic heterocycles. The predicted octanol–water partition coefficient (Wildman–Crippen LogP) is 4.62. The number of aryl methyl sites for hydroxylation is 1. The van der Waals surface area contributed by atoms with Crippen molar-refractivity contribution in [2.75, 3.05) is 0 Å². The van der Waals surface area contributed by atoms with Crippen molar-refractivity contribution in [3.8, 4) is 22.8 Å². The number of hydrogen-bond acceptors (Lipinski definition) is 3. The molecule has 0 aliphatic carbocycles. The van der Waals surface area contributed by atoms with Crippen molar-refractivity contribution in [2.24, 2.45) is 0 Å². The van der Waals surface area contributed by atoms with Gasteiger partial charge in [-0.05, 0) is 49.7 Å². The molecule has 0 unspecified atom stereocenters. The van der Waals surface area contributed by atoms with Crippen LogP contribution in [0.2, 0.25) is 0 Å². The minimum Gasteiger partial charge on any atom is -0.494 e. The molecule has 0 fully saturated rings. The Morgan fingerprint density at radius 2 is 1.89 bits per heavy atom. The van der Waals surface area contributed by atoms with Crippen molar-refractivity contribution in [3.05, 3.63) is 59.7 Å². The normalized spacial score (nSPS) is 11.6. The third kappa shape index (κ3) is 3.00. The van der Waals surface area contributed by atoms with Crippen LogP contribution in [0.4, 0.5) is 13.2 Å². The van der Waals surface area contributed by atoms with Gasteiger partial charge in [0, 0.05) is 22.5 Å². The van der Waals surface area contributed by atoms with Crippen LogP contribution in [0.1, 0.15) is 11.3 Å². The quantitative estimate of drug-likeness (QED) is 0.557. The highest BCUT2D eigenvalue weighted by Gasteiger charge is 2.17. The van der Waals surface area contributed by atoms with Gasteiger partial charge in [-0.3, -0.25) is 0 Å². The maximum atomic E-state index is 13.4. The largest absolute Gasteiger partial charge is 0.494 e. The third-order valence-corrected chi connectivity index (χ3v) is 4.75. The van der Waals surface area contributed by atoms with Gasteiger partial charge in [-0.25, -0.2) is 17.9 Å². The number of benzene rings is 2. The Balaban J connectivity index is 1.77. The average Bonchev–Trinajstić information content (AvgIpc) is 3.15. The number of fused-ring (bicyclic) bond motifs is 1. The van der Waals surface area contributed by atoms with E-state index < -0.39 is 13.0 Å². The van der Waals surface area contributed by atoms with Crippen LogP contribution in [0.5, 0.6) is 5.88 Å². The first-order valence-electron chi connectivity index (χ1n) is 8.64. The smallest absolute Gasteiger partial charge is 0.256 e. The molecule has 2 aromatic heterocycles. The van der Waals surface area contributed by atoms with E-state index in [1.54, 1.807) is 35.9 Å². The van der Waals surface area contributed by atoms with Gasteiger partial charge < -0.3 is 9.67 Å². The zero-order valence-electron chi connectivity index (χ0n) is 15.2. The van der Waals surface area contributed by atoms with E-state index in [1.807, 2.05) is 6.92 Å². The topological polar surface area (TPSA) is 55.9 Å². The Bertz CT molecular complexity index is 1180. The summed E-state index contributed by atoms with van der Waals surface area (Å²) in [5.41, 5.74) is 3.56. The van der Waals surface area contributed by atoms with E-state index in [0.717, 1.165) is 27.1 Å². The number of aromatic nitrogens is 4. The molecule has 1 N–H and O–H groups in total. The highest BCUT2D eigenvalue weighted by Crippen LogP contribution is 2.32. The van der Waals surface area contributed by atoms with Crippen LogP contribution in [0, 0.1) is 19.7 Å². The molecule has 5 nitrogen and oxygen atoms in total. The Hall–Kier alpha value is -3.29. The summed E-state index contributed by atoms with van der Waals surface area (Å²) < 4.78 is 41.5. The van der Waals surface area contributed by atoms with Gasteiger partial charge in [0.05, 0.1) is 17.9 Å². The SMILES string of the molecule is Cc1cc(F)ccc1-n1nnc(-c2ccc3c(O)n(CC(F)F)cc3c2)c1C. The first-order valence-corrected chi connectivity index (χ1v) is 8.64. The molecule has 0 saturated carbocycles. The van der Waals surface area contributed by atoms with Crippen LogP contribution in [-0.2, 0) is 6.54 Å². The van der Waals surface area contributed by atoms with Crippen LogP contribution in [0.15, 0.2) is 42.6 Å². The minimum absolute atomic E-state index is 0.191. The van der Waals surface area contributed by atoms with Crippen LogP contribution >= 0.6 is 0 Å². The van der Waals surface area contributed by atoms with Crippen molar-refractivity contribution in [1.29, 1.82) is 0 Å². The minimum atomic E-state index is -2.56. The second-order valence-corrected chi connectivity index (χ2v) is 6.66. The number of aromatic hydroxyl groups is 1. The molecular weight excluding hydrogens is 369 g/mol. The molecule has 28 heavy (non-hydrogen) atoms. The van der Waals surface area contributed by atoms with Crippen LogP contribution in [0.3, 0.4) is 0 Å². The second-order valence-electron chi connectivity index (χ2n) is 6.66. The third-order valence-electron chi connectivity index (χ3n) is 4.75.